The van der Waals surface area contributed by atoms with Crippen LogP contribution in [0.25, 0.3) is 11.0 Å². The Kier molecular flexibility index (Phi) is 7.72. The van der Waals surface area contributed by atoms with Crippen LogP contribution in [-0.2, 0) is 20.8 Å². The number of ether oxygens (including phenoxy) is 2. The first kappa shape index (κ1) is 23.7. The normalized spacial score (nSPS) is 17.8. The van der Waals surface area contributed by atoms with E-state index in [9.17, 15) is 14.0 Å². The van der Waals surface area contributed by atoms with Crippen LogP contribution in [0.5, 0.6) is 0 Å². The summed E-state index contributed by atoms with van der Waals surface area (Å²) in [7, 11) is 0. The van der Waals surface area contributed by atoms with Gasteiger partial charge in [-0.3, -0.25) is 9.59 Å². The van der Waals surface area contributed by atoms with Gasteiger partial charge in [-0.1, -0.05) is 24.3 Å². The summed E-state index contributed by atoms with van der Waals surface area (Å²) in [5.74, 6) is -1.24. The Morgan fingerprint density at radius 1 is 1.15 bits per heavy atom. The van der Waals surface area contributed by atoms with Crippen LogP contribution < -0.4 is 10.7 Å². The molecule has 0 radical (unpaired) electrons. The van der Waals surface area contributed by atoms with E-state index in [0.717, 1.165) is 5.56 Å². The van der Waals surface area contributed by atoms with Crippen LogP contribution in [0.1, 0.15) is 36.3 Å². The number of nitrogens with one attached hydrogen (secondary N) is 1. The Balaban J connectivity index is 1.55. The first-order valence-electron chi connectivity index (χ1n) is 11.2. The van der Waals surface area contributed by atoms with Crippen molar-refractivity contribution in [1.29, 1.82) is 0 Å². The number of carbonyl (C=O) groups is 1. The zero-order chi connectivity index (χ0) is 23.9. The SMILES string of the molecule is O=C(NCc1ccc(F)cc1)C1=CC(c2coc3ccccc3c2=O)CC(OCCCCO)O1. The Labute approximate surface area is 195 Å². The number of hydrogen-bond acceptors (Lipinski definition) is 6. The van der Waals surface area contributed by atoms with Gasteiger partial charge in [-0.25, -0.2) is 4.39 Å². The van der Waals surface area contributed by atoms with Gasteiger partial charge in [0.2, 0.25) is 6.29 Å². The monoisotopic (exact) mass is 467 g/mol. The molecule has 8 heteroatoms. The van der Waals surface area contributed by atoms with E-state index in [0.29, 0.717) is 42.4 Å². The van der Waals surface area contributed by atoms with E-state index < -0.39 is 18.1 Å². The number of halogens is 1. The number of unbranched alkanes of at least 4 members (excludes halogenated alkanes) is 1. The van der Waals surface area contributed by atoms with Crippen molar-refractivity contribution in [2.24, 2.45) is 0 Å². The van der Waals surface area contributed by atoms with E-state index >= 15 is 0 Å². The van der Waals surface area contributed by atoms with E-state index in [-0.39, 0.29) is 30.2 Å². The van der Waals surface area contributed by atoms with Crippen LogP contribution in [0.3, 0.4) is 0 Å². The Morgan fingerprint density at radius 3 is 2.74 bits per heavy atom. The molecular weight excluding hydrogens is 441 g/mol. The molecule has 1 amide bonds. The fraction of sp³-hybridized carbons (Fsp3) is 0.308. The fourth-order valence-corrected chi connectivity index (χ4v) is 3.78. The number of rotatable bonds is 9. The zero-order valence-corrected chi connectivity index (χ0v) is 18.5. The molecule has 1 aromatic heterocycles. The van der Waals surface area contributed by atoms with Crippen molar-refractivity contribution in [1.82, 2.24) is 5.32 Å². The van der Waals surface area contributed by atoms with Gasteiger partial charge in [0, 0.05) is 31.1 Å². The molecule has 7 nitrogen and oxygen atoms in total. The number of hydrogen-bond donors (Lipinski definition) is 2. The molecule has 0 bridgehead atoms. The first-order valence-corrected chi connectivity index (χ1v) is 11.2. The van der Waals surface area contributed by atoms with Gasteiger partial charge in [0.15, 0.2) is 11.2 Å². The van der Waals surface area contributed by atoms with Crippen LogP contribution >= 0.6 is 0 Å². The van der Waals surface area contributed by atoms with Gasteiger partial charge in [-0.15, -0.1) is 0 Å². The molecule has 1 aliphatic heterocycles. The lowest BCUT2D eigenvalue weighted by molar-refractivity contribution is -0.146. The maximum absolute atomic E-state index is 13.1. The number of carbonyl (C=O) groups excluding carboxylic acids is 1. The molecule has 1 aliphatic rings. The Hall–Kier alpha value is -3.49. The van der Waals surface area contributed by atoms with Gasteiger partial charge < -0.3 is 24.3 Å². The summed E-state index contributed by atoms with van der Waals surface area (Å²) in [5, 5.41) is 12.2. The predicted octanol–water partition coefficient (Wildman–Crippen LogP) is 3.75. The van der Waals surface area contributed by atoms with Crippen molar-refractivity contribution < 1.29 is 28.2 Å². The highest BCUT2D eigenvalue weighted by Crippen LogP contribution is 2.31. The standard InChI is InChI=1S/C26H26FNO6/c27-19-9-7-17(8-10-19)15-28-26(31)23-13-18(14-24(34-23)32-12-4-3-11-29)21-16-33-22-6-2-1-5-20(22)25(21)30/h1-2,5-10,13,16,18,24,29H,3-4,11-12,14-15H2,(H,28,31). The average Bonchev–Trinajstić information content (AvgIpc) is 2.86. The van der Waals surface area contributed by atoms with Crippen molar-refractivity contribution in [2.45, 2.75) is 38.0 Å². The van der Waals surface area contributed by atoms with Crippen molar-refractivity contribution in [3.63, 3.8) is 0 Å². The molecule has 0 fully saturated rings. The van der Waals surface area contributed by atoms with E-state index in [1.165, 1.54) is 18.4 Å². The number of allylic oxidation sites excluding steroid dienone is 1. The molecule has 178 valence electrons. The minimum atomic E-state index is -0.744. The molecule has 34 heavy (non-hydrogen) atoms. The minimum Gasteiger partial charge on any atom is -0.464 e. The van der Waals surface area contributed by atoms with E-state index in [1.807, 2.05) is 0 Å². The topological polar surface area (TPSA) is 98.0 Å². The van der Waals surface area contributed by atoms with Gasteiger partial charge in [-0.2, -0.15) is 0 Å². The third-order valence-corrected chi connectivity index (χ3v) is 5.61. The highest BCUT2D eigenvalue weighted by molar-refractivity contribution is 5.91. The quantitative estimate of drug-likeness (QED) is 0.465. The Bertz CT molecular complexity index is 1220. The Morgan fingerprint density at radius 2 is 1.94 bits per heavy atom. The van der Waals surface area contributed by atoms with Crippen LogP contribution in [0.2, 0.25) is 0 Å². The van der Waals surface area contributed by atoms with Crippen LogP contribution in [0.4, 0.5) is 4.39 Å². The molecule has 2 heterocycles. The summed E-state index contributed by atoms with van der Waals surface area (Å²) >= 11 is 0. The number of fused-ring (bicyclic) bond motifs is 1. The maximum atomic E-state index is 13.1. The van der Waals surface area contributed by atoms with Crippen molar-refractivity contribution in [3.8, 4) is 0 Å². The molecule has 2 N–H and O–H groups in total. The average molecular weight is 467 g/mol. The van der Waals surface area contributed by atoms with Gasteiger partial charge in [0.05, 0.1) is 18.3 Å². The van der Waals surface area contributed by atoms with E-state index in [1.54, 1.807) is 42.5 Å². The molecule has 2 unspecified atom stereocenters. The number of aliphatic hydroxyl groups is 1. The highest BCUT2D eigenvalue weighted by atomic mass is 19.1. The van der Waals surface area contributed by atoms with Gasteiger partial charge in [0.25, 0.3) is 5.91 Å². The molecule has 3 aromatic rings. The van der Waals surface area contributed by atoms with Gasteiger partial charge >= 0.3 is 0 Å². The first-order chi connectivity index (χ1) is 16.5. The summed E-state index contributed by atoms with van der Waals surface area (Å²) in [5.41, 5.74) is 1.46. The van der Waals surface area contributed by atoms with Crippen LogP contribution in [0, 0.1) is 5.82 Å². The summed E-state index contributed by atoms with van der Waals surface area (Å²) in [4.78, 5) is 26.0. The van der Waals surface area contributed by atoms with Crippen molar-refractivity contribution in [2.75, 3.05) is 13.2 Å². The second-order valence-corrected chi connectivity index (χ2v) is 8.05. The predicted molar refractivity (Wildman–Crippen MR) is 123 cm³/mol. The maximum Gasteiger partial charge on any atom is 0.286 e. The fourth-order valence-electron chi connectivity index (χ4n) is 3.78. The summed E-state index contributed by atoms with van der Waals surface area (Å²) < 4.78 is 30.4. The molecule has 0 saturated heterocycles. The molecule has 0 spiro atoms. The third-order valence-electron chi connectivity index (χ3n) is 5.61. The van der Waals surface area contributed by atoms with Crippen molar-refractivity contribution >= 4 is 16.9 Å². The van der Waals surface area contributed by atoms with Gasteiger partial charge in [-0.05, 0) is 48.7 Å². The minimum absolute atomic E-state index is 0.0399. The molecular formula is C26H26FNO6. The molecule has 2 atom stereocenters. The smallest absolute Gasteiger partial charge is 0.286 e. The number of amides is 1. The second kappa shape index (κ2) is 11.1. The summed E-state index contributed by atoms with van der Waals surface area (Å²) in [6.45, 7) is 0.589. The number of benzene rings is 2. The highest BCUT2D eigenvalue weighted by Gasteiger charge is 2.30. The summed E-state index contributed by atoms with van der Waals surface area (Å²) in [6, 6.07) is 12.8. The van der Waals surface area contributed by atoms with Crippen LogP contribution in [-0.4, -0.2) is 30.5 Å². The molecule has 0 aliphatic carbocycles. The third kappa shape index (κ3) is 5.70. The van der Waals surface area contributed by atoms with E-state index in [2.05, 4.69) is 5.32 Å². The molecule has 4 rings (SSSR count). The number of para-hydroxylation sites is 1. The zero-order valence-electron chi connectivity index (χ0n) is 18.5. The lowest BCUT2D eigenvalue weighted by atomic mass is 9.93. The van der Waals surface area contributed by atoms with Crippen LogP contribution in [0.15, 0.2) is 75.8 Å². The molecule has 2 aromatic carbocycles. The lowest BCUT2D eigenvalue weighted by Gasteiger charge is -2.29. The van der Waals surface area contributed by atoms with Crippen molar-refractivity contribution in [3.05, 3.63) is 93.8 Å². The van der Waals surface area contributed by atoms with Gasteiger partial charge in [0.1, 0.15) is 11.4 Å². The van der Waals surface area contributed by atoms with E-state index in [4.69, 9.17) is 19.0 Å². The largest absolute Gasteiger partial charge is 0.464 e. The second-order valence-electron chi connectivity index (χ2n) is 8.05. The number of aliphatic hydroxyl groups excluding tert-OH is 1. The summed E-state index contributed by atoms with van der Waals surface area (Å²) in [6.07, 6.45) is 3.84. The molecule has 0 saturated carbocycles. The lowest BCUT2D eigenvalue weighted by Crippen LogP contribution is -2.33.